The fraction of sp³-hybridized carbons (Fsp3) is 0.235. The van der Waals surface area contributed by atoms with Crippen molar-refractivity contribution in [2.45, 2.75) is 12.5 Å². The molecule has 0 saturated carbocycles. The van der Waals surface area contributed by atoms with Crippen molar-refractivity contribution in [3.8, 4) is 5.75 Å². The van der Waals surface area contributed by atoms with Crippen LogP contribution in [0.4, 0.5) is 5.69 Å². The van der Waals surface area contributed by atoms with Crippen molar-refractivity contribution in [1.29, 1.82) is 0 Å². The molecule has 2 aromatic rings. The molecular weight excluding hydrogens is 300 g/mol. The third kappa shape index (κ3) is 3.52. The van der Waals surface area contributed by atoms with Gasteiger partial charge < -0.3 is 15.4 Å². The van der Waals surface area contributed by atoms with Crippen LogP contribution in [0.3, 0.4) is 0 Å². The quantitative estimate of drug-likeness (QED) is 0.892. The molecule has 22 heavy (non-hydrogen) atoms. The summed E-state index contributed by atoms with van der Waals surface area (Å²) in [4.78, 5) is 11.9. The molecule has 1 aliphatic rings. The topological polar surface area (TPSA) is 50.4 Å². The summed E-state index contributed by atoms with van der Waals surface area (Å²) >= 11 is 6.03. The lowest BCUT2D eigenvalue weighted by Crippen LogP contribution is -2.37. The molecule has 0 aromatic heterocycles. The first kappa shape index (κ1) is 14.7. The molecule has 114 valence electrons. The van der Waals surface area contributed by atoms with E-state index in [1.807, 2.05) is 36.4 Å². The summed E-state index contributed by atoms with van der Waals surface area (Å²) in [5, 5.41) is 6.50. The number of rotatable bonds is 5. The van der Waals surface area contributed by atoms with E-state index < -0.39 is 0 Å². The first-order valence-corrected chi connectivity index (χ1v) is 7.60. The van der Waals surface area contributed by atoms with Crippen LogP contribution in [0.2, 0.25) is 5.02 Å². The normalized spacial score (nSPS) is 15.8. The van der Waals surface area contributed by atoms with E-state index in [0.29, 0.717) is 11.6 Å². The number of para-hydroxylation sites is 2. The number of anilines is 1. The second-order valence-electron chi connectivity index (χ2n) is 5.19. The Morgan fingerprint density at radius 3 is 2.77 bits per heavy atom. The maximum Gasteiger partial charge on any atom is 0.239 e. The highest BCUT2D eigenvalue weighted by Crippen LogP contribution is 2.27. The van der Waals surface area contributed by atoms with Gasteiger partial charge in [-0.1, -0.05) is 41.9 Å². The number of benzene rings is 2. The first-order valence-electron chi connectivity index (χ1n) is 7.22. The smallest absolute Gasteiger partial charge is 0.239 e. The third-order valence-corrected chi connectivity index (χ3v) is 3.88. The highest BCUT2D eigenvalue weighted by Gasteiger charge is 2.22. The molecule has 0 fully saturated rings. The van der Waals surface area contributed by atoms with Crippen LogP contribution in [-0.2, 0) is 11.2 Å². The zero-order valence-electron chi connectivity index (χ0n) is 12.0. The largest absolute Gasteiger partial charge is 0.488 e. The van der Waals surface area contributed by atoms with E-state index in [9.17, 15) is 4.79 Å². The Morgan fingerprint density at radius 1 is 1.18 bits per heavy atom. The van der Waals surface area contributed by atoms with Gasteiger partial charge in [-0.05, 0) is 23.8 Å². The number of hydrogen-bond acceptors (Lipinski definition) is 3. The summed E-state index contributed by atoms with van der Waals surface area (Å²) in [6.07, 6.45) is 0.829. The molecule has 0 radical (unpaired) electrons. The fourth-order valence-corrected chi connectivity index (χ4v) is 2.64. The molecule has 0 saturated heterocycles. The SMILES string of the molecule is O=C(CNc1ccccc1Cl)NC[C@@H]1Cc2ccccc2O1. The van der Waals surface area contributed by atoms with Crippen LogP contribution < -0.4 is 15.4 Å². The number of ether oxygens (including phenoxy) is 1. The molecule has 4 nitrogen and oxygen atoms in total. The van der Waals surface area contributed by atoms with Crippen molar-refractivity contribution in [1.82, 2.24) is 5.32 Å². The lowest BCUT2D eigenvalue weighted by molar-refractivity contribution is -0.119. The highest BCUT2D eigenvalue weighted by atomic mass is 35.5. The van der Waals surface area contributed by atoms with Gasteiger partial charge in [0.05, 0.1) is 23.8 Å². The first-order chi connectivity index (χ1) is 10.7. The van der Waals surface area contributed by atoms with Crippen molar-refractivity contribution in [3.63, 3.8) is 0 Å². The van der Waals surface area contributed by atoms with E-state index >= 15 is 0 Å². The lowest BCUT2D eigenvalue weighted by Gasteiger charge is -2.13. The minimum atomic E-state index is -0.0838. The molecule has 0 unspecified atom stereocenters. The Bertz CT molecular complexity index is 650. The van der Waals surface area contributed by atoms with Crippen LogP contribution in [0, 0.1) is 0 Å². The molecule has 0 aliphatic carbocycles. The molecule has 3 rings (SSSR count). The van der Waals surface area contributed by atoms with E-state index in [2.05, 4.69) is 16.7 Å². The van der Waals surface area contributed by atoms with Gasteiger partial charge in [-0.25, -0.2) is 0 Å². The Morgan fingerprint density at radius 2 is 1.95 bits per heavy atom. The average molecular weight is 317 g/mol. The molecule has 1 amide bonds. The van der Waals surface area contributed by atoms with Gasteiger partial charge in [0, 0.05) is 6.42 Å². The Labute approximate surface area is 134 Å². The summed E-state index contributed by atoms with van der Waals surface area (Å²) < 4.78 is 5.78. The van der Waals surface area contributed by atoms with Gasteiger partial charge in [-0.3, -0.25) is 4.79 Å². The van der Waals surface area contributed by atoms with Gasteiger partial charge in [-0.2, -0.15) is 0 Å². The van der Waals surface area contributed by atoms with Gasteiger partial charge in [0.1, 0.15) is 11.9 Å². The van der Waals surface area contributed by atoms with E-state index in [-0.39, 0.29) is 18.6 Å². The van der Waals surface area contributed by atoms with Crippen LogP contribution in [0.25, 0.3) is 0 Å². The Kier molecular flexibility index (Phi) is 4.49. The van der Waals surface area contributed by atoms with Gasteiger partial charge >= 0.3 is 0 Å². The predicted molar refractivity (Wildman–Crippen MR) is 87.5 cm³/mol. The zero-order chi connectivity index (χ0) is 15.4. The molecule has 1 aliphatic heterocycles. The fourth-order valence-electron chi connectivity index (χ4n) is 2.44. The van der Waals surface area contributed by atoms with Crippen molar-refractivity contribution in [2.24, 2.45) is 0 Å². The molecule has 0 spiro atoms. The predicted octanol–water partition coefficient (Wildman–Crippen LogP) is 2.87. The van der Waals surface area contributed by atoms with Gasteiger partial charge in [0.25, 0.3) is 0 Å². The number of amides is 1. The summed E-state index contributed by atoms with van der Waals surface area (Å²) in [5.41, 5.74) is 1.94. The van der Waals surface area contributed by atoms with Crippen LogP contribution in [0.5, 0.6) is 5.75 Å². The van der Waals surface area contributed by atoms with E-state index in [0.717, 1.165) is 17.9 Å². The number of halogens is 1. The molecule has 1 heterocycles. The van der Waals surface area contributed by atoms with Crippen LogP contribution in [0.1, 0.15) is 5.56 Å². The molecule has 1 atom stereocenters. The van der Waals surface area contributed by atoms with Gasteiger partial charge in [-0.15, -0.1) is 0 Å². The van der Waals surface area contributed by atoms with Crippen molar-refractivity contribution in [2.75, 3.05) is 18.4 Å². The van der Waals surface area contributed by atoms with Crippen LogP contribution in [-0.4, -0.2) is 25.1 Å². The molecule has 2 aromatic carbocycles. The van der Waals surface area contributed by atoms with Crippen LogP contribution >= 0.6 is 11.6 Å². The standard InChI is InChI=1S/C17H17ClN2O2/c18-14-6-2-3-7-15(14)19-11-17(21)20-10-13-9-12-5-1-4-8-16(12)22-13/h1-8,13,19H,9-11H2,(H,20,21)/t13-/m0/s1. The number of hydrogen-bond donors (Lipinski definition) is 2. The molecule has 5 heteroatoms. The Hall–Kier alpha value is -2.20. The maximum atomic E-state index is 11.9. The van der Waals surface area contributed by atoms with Crippen molar-refractivity contribution >= 4 is 23.2 Å². The zero-order valence-corrected chi connectivity index (χ0v) is 12.8. The van der Waals surface area contributed by atoms with E-state index in [1.54, 1.807) is 6.07 Å². The average Bonchev–Trinajstić information content (AvgIpc) is 2.95. The van der Waals surface area contributed by atoms with Crippen LogP contribution in [0.15, 0.2) is 48.5 Å². The number of carbonyl (C=O) groups excluding carboxylic acids is 1. The second kappa shape index (κ2) is 6.71. The minimum absolute atomic E-state index is 0.00154. The molecule has 0 bridgehead atoms. The van der Waals surface area contributed by atoms with E-state index in [4.69, 9.17) is 16.3 Å². The van der Waals surface area contributed by atoms with Gasteiger partial charge in [0.2, 0.25) is 5.91 Å². The summed E-state index contributed by atoms with van der Waals surface area (Å²) in [7, 11) is 0. The minimum Gasteiger partial charge on any atom is -0.488 e. The van der Waals surface area contributed by atoms with Crippen molar-refractivity contribution < 1.29 is 9.53 Å². The summed E-state index contributed by atoms with van der Waals surface area (Å²) in [5.74, 6) is 0.829. The number of fused-ring (bicyclic) bond motifs is 1. The summed E-state index contributed by atoms with van der Waals surface area (Å²) in [6.45, 7) is 0.682. The monoisotopic (exact) mass is 316 g/mol. The van der Waals surface area contributed by atoms with E-state index in [1.165, 1.54) is 5.56 Å². The third-order valence-electron chi connectivity index (χ3n) is 3.55. The number of carbonyl (C=O) groups is 1. The number of nitrogens with one attached hydrogen (secondary N) is 2. The lowest BCUT2D eigenvalue weighted by atomic mass is 10.1. The highest BCUT2D eigenvalue weighted by molar-refractivity contribution is 6.33. The maximum absolute atomic E-state index is 11.9. The van der Waals surface area contributed by atoms with Crippen molar-refractivity contribution in [3.05, 3.63) is 59.1 Å². The second-order valence-corrected chi connectivity index (χ2v) is 5.60. The Balaban J connectivity index is 1.43. The molecular formula is C17H17ClN2O2. The summed E-state index contributed by atoms with van der Waals surface area (Å²) in [6, 6.07) is 15.3. The molecule has 2 N–H and O–H groups in total. The van der Waals surface area contributed by atoms with Gasteiger partial charge in [0.15, 0.2) is 0 Å².